The Morgan fingerprint density at radius 1 is 1.33 bits per heavy atom. The molecule has 1 aromatic heterocycles. The fraction of sp³-hybridized carbons (Fsp3) is 0.353. The molecular formula is C17H30N2O3S2. The van der Waals surface area contributed by atoms with Gasteiger partial charge in [-0.25, -0.2) is 0 Å². The minimum absolute atomic E-state index is 0. The molecule has 1 fully saturated rings. The molecule has 0 aliphatic carbocycles. The van der Waals surface area contributed by atoms with E-state index < -0.39 is 0 Å². The van der Waals surface area contributed by atoms with E-state index in [9.17, 15) is 4.79 Å². The standard InChI is InChI=1S/C8H14N2O.C8H6S2.CH4.2H2O.H2/c1-2-8(11)10-7-3-5-9-6-4-7;9-7-5-10-8-4-2-1-3-6(7)8;;;;/h2,7,9H,1,3-6H2,(H,10,11);1-5,9H;1H4;2*1H2;1H. The summed E-state index contributed by atoms with van der Waals surface area (Å²) in [4.78, 5) is 11.9. The number of thiol groups is 1. The molecule has 0 saturated carbocycles. The number of fused-ring (bicyclic) bond motifs is 1. The minimum atomic E-state index is -0.0584. The molecule has 0 bridgehead atoms. The molecule has 1 aliphatic rings. The molecular weight excluding hydrogens is 344 g/mol. The summed E-state index contributed by atoms with van der Waals surface area (Å²) in [6.45, 7) is 5.40. The van der Waals surface area contributed by atoms with Crippen LogP contribution in [0.5, 0.6) is 0 Å². The Bertz CT molecular complexity index is 617. The van der Waals surface area contributed by atoms with Gasteiger partial charge in [0.15, 0.2) is 0 Å². The molecule has 1 amide bonds. The lowest BCUT2D eigenvalue weighted by molar-refractivity contribution is -0.117. The summed E-state index contributed by atoms with van der Waals surface area (Å²) in [6.07, 6.45) is 3.38. The summed E-state index contributed by atoms with van der Waals surface area (Å²) in [5.74, 6) is -0.0584. The van der Waals surface area contributed by atoms with Gasteiger partial charge < -0.3 is 21.6 Å². The number of amides is 1. The molecule has 2 aromatic rings. The van der Waals surface area contributed by atoms with E-state index in [1.807, 2.05) is 12.1 Å². The molecule has 2 heterocycles. The molecule has 0 spiro atoms. The van der Waals surface area contributed by atoms with E-state index in [0.717, 1.165) is 30.8 Å². The third kappa shape index (κ3) is 7.46. The van der Waals surface area contributed by atoms with Crippen molar-refractivity contribution in [1.82, 2.24) is 10.6 Å². The normalized spacial score (nSPS) is 13.2. The maximum absolute atomic E-state index is 10.8. The summed E-state index contributed by atoms with van der Waals surface area (Å²) in [5.41, 5.74) is 0. The van der Waals surface area contributed by atoms with Gasteiger partial charge in [0.25, 0.3) is 0 Å². The highest BCUT2D eigenvalue weighted by atomic mass is 32.1. The zero-order valence-electron chi connectivity index (χ0n) is 12.8. The first-order chi connectivity index (χ1) is 10.2. The van der Waals surface area contributed by atoms with Gasteiger partial charge in [0, 0.05) is 27.8 Å². The van der Waals surface area contributed by atoms with Crippen molar-refractivity contribution in [3.05, 3.63) is 42.3 Å². The molecule has 24 heavy (non-hydrogen) atoms. The first-order valence-corrected chi connectivity index (χ1v) is 8.32. The van der Waals surface area contributed by atoms with Crippen LogP contribution in [0.4, 0.5) is 0 Å². The molecule has 7 heteroatoms. The SMILES string of the molecule is C.C=CC(=O)NC1CCNCC1.O.O.Sc1csc2ccccc12.[HH]. The average Bonchev–Trinajstić information content (AvgIpc) is 2.91. The number of piperidine rings is 1. The maximum atomic E-state index is 10.8. The molecule has 0 unspecified atom stereocenters. The third-order valence-corrected chi connectivity index (χ3v) is 4.84. The predicted octanol–water partition coefficient (Wildman–Crippen LogP) is 2.46. The van der Waals surface area contributed by atoms with Crippen LogP contribution in [0.15, 0.2) is 47.2 Å². The summed E-state index contributed by atoms with van der Waals surface area (Å²) < 4.78 is 1.31. The number of nitrogens with one attached hydrogen (secondary N) is 2. The van der Waals surface area contributed by atoms with Crippen molar-refractivity contribution < 1.29 is 17.2 Å². The number of carbonyl (C=O) groups is 1. The highest BCUT2D eigenvalue weighted by molar-refractivity contribution is 7.80. The minimum Gasteiger partial charge on any atom is -0.412 e. The molecule has 5 nitrogen and oxygen atoms in total. The lowest BCUT2D eigenvalue weighted by Gasteiger charge is -2.22. The number of hydrogen-bond donors (Lipinski definition) is 3. The van der Waals surface area contributed by atoms with Crippen LogP contribution in [0.3, 0.4) is 0 Å². The number of benzene rings is 1. The Kier molecular flexibility index (Phi) is 13.4. The van der Waals surface area contributed by atoms with Crippen molar-refractivity contribution in [2.45, 2.75) is 31.2 Å². The molecule has 1 aromatic carbocycles. The third-order valence-electron chi connectivity index (χ3n) is 3.33. The fourth-order valence-corrected chi connectivity index (χ4v) is 3.45. The van der Waals surface area contributed by atoms with Crippen molar-refractivity contribution in [2.24, 2.45) is 0 Å². The van der Waals surface area contributed by atoms with Gasteiger partial charge in [-0.15, -0.1) is 24.0 Å². The van der Waals surface area contributed by atoms with Crippen molar-refractivity contribution >= 4 is 40.0 Å². The molecule has 138 valence electrons. The number of hydrogen-bond acceptors (Lipinski definition) is 4. The van der Waals surface area contributed by atoms with Crippen LogP contribution >= 0.6 is 24.0 Å². The van der Waals surface area contributed by atoms with Gasteiger partial charge in [-0.2, -0.15) is 0 Å². The van der Waals surface area contributed by atoms with Gasteiger partial charge in [0.1, 0.15) is 0 Å². The summed E-state index contributed by atoms with van der Waals surface area (Å²) in [7, 11) is 0. The molecule has 0 atom stereocenters. The maximum Gasteiger partial charge on any atom is 0.243 e. The van der Waals surface area contributed by atoms with Crippen LogP contribution in [-0.4, -0.2) is 36.0 Å². The molecule has 6 N–H and O–H groups in total. The molecule has 1 aliphatic heterocycles. The Morgan fingerprint density at radius 3 is 2.54 bits per heavy atom. The zero-order valence-corrected chi connectivity index (χ0v) is 14.6. The number of carbonyl (C=O) groups excluding carboxylic acids is 1. The summed E-state index contributed by atoms with van der Waals surface area (Å²) >= 11 is 6.05. The van der Waals surface area contributed by atoms with Crippen LogP contribution in [0.25, 0.3) is 10.1 Å². The zero-order chi connectivity index (χ0) is 15.1. The van der Waals surface area contributed by atoms with Gasteiger partial charge in [-0.05, 0) is 38.1 Å². The van der Waals surface area contributed by atoms with E-state index in [4.69, 9.17) is 0 Å². The number of rotatable bonds is 2. The Hall–Kier alpha value is -1.38. The topological polar surface area (TPSA) is 104 Å². The van der Waals surface area contributed by atoms with Crippen LogP contribution in [0.2, 0.25) is 0 Å². The van der Waals surface area contributed by atoms with Gasteiger partial charge in [-0.3, -0.25) is 4.79 Å². The lowest BCUT2D eigenvalue weighted by Crippen LogP contribution is -2.42. The first-order valence-electron chi connectivity index (χ1n) is 6.99. The quantitative estimate of drug-likeness (QED) is 0.555. The summed E-state index contributed by atoms with van der Waals surface area (Å²) in [5, 5.41) is 9.42. The van der Waals surface area contributed by atoms with Crippen molar-refractivity contribution in [3.63, 3.8) is 0 Å². The predicted molar refractivity (Wildman–Crippen MR) is 109 cm³/mol. The lowest BCUT2D eigenvalue weighted by atomic mass is 10.1. The van der Waals surface area contributed by atoms with E-state index in [-0.39, 0.29) is 25.7 Å². The van der Waals surface area contributed by atoms with E-state index in [2.05, 4.69) is 47.4 Å². The van der Waals surface area contributed by atoms with Crippen LogP contribution in [-0.2, 0) is 4.79 Å². The molecule has 3 rings (SSSR count). The van der Waals surface area contributed by atoms with Crippen LogP contribution < -0.4 is 10.6 Å². The van der Waals surface area contributed by atoms with Crippen molar-refractivity contribution in [2.75, 3.05) is 13.1 Å². The van der Waals surface area contributed by atoms with E-state index in [1.54, 1.807) is 11.3 Å². The smallest absolute Gasteiger partial charge is 0.243 e. The van der Waals surface area contributed by atoms with E-state index in [0.29, 0.717) is 6.04 Å². The van der Waals surface area contributed by atoms with Crippen LogP contribution in [0, 0.1) is 0 Å². The van der Waals surface area contributed by atoms with Gasteiger partial charge >= 0.3 is 0 Å². The van der Waals surface area contributed by atoms with E-state index in [1.165, 1.54) is 16.2 Å². The Balaban J connectivity index is -0.000000334. The van der Waals surface area contributed by atoms with Crippen molar-refractivity contribution in [3.8, 4) is 0 Å². The van der Waals surface area contributed by atoms with Crippen molar-refractivity contribution in [1.29, 1.82) is 0 Å². The van der Waals surface area contributed by atoms with Gasteiger partial charge in [-0.1, -0.05) is 32.2 Å². The summed E-state index contributed by atoms with van der Waals surface area (Å²) in [6, 6.07) is 8.64. The second-order valence-corrected chi connectivity index (χ2v) is 6.25. The molecule has 0 radical (unpaired) electrons. The Morgan fingerprint density at radius 2 is 1.96 bits per heavy atom. The highest BCUT2D eigenvalue weighted by Gasteiger charge is 2.13. The average molecular weight is 375 g/mol. The first kappa shape index (κ1) is 24.9. The van der Waals surface area contributed by atoms with Gasteiger partial charge in [0.05, 0.1) is 0 Å². The molecule has 1 saturated heterocycles. The van der Waals surface area contributed by atoms with Gasteiger partial charge in [0.2, 0.25) is 5.91 Å². The number of thiophene rings is 1. The second kappa shape index (κ2) is 13.0. The monoisotopic (exact) mass is 374 g/mol. The highest BCUT2D eigenvalue weighted by Crippen LogP contribution is 2.27. The van der Waals surface area contributed by atoms with E-state index >= 15 is 0 Å². The Labute approximate surface area is 154 Å². The van der Waals surface area contributed by atoms with Crippen LogP contribution in [0.1, 0.15) is 21.7 Å². The largest absolute Gasteiger partial charge is 0.412 e. The second-order valence-electron chi connectivity index (χ2n) is 4.85. The fourth-order valence-electron chi connectivity index (χ4n) is 2.19.